The van der Waals surface area contributed by atoms with Crippen molar-refractivity contribution in [1.82, 2.24) is 0 Å². The van der Waals surface area contributed by atoms with Crippen LogP contribution < -0.4 is 15.2 Å². The second-order valence-electron chi connectivity index (χ2n) is 3.85. The number of hydrogen-bond donors (Lipinski definition) is 1. The Balaban J connectivity index is 2.86. The van der Waals surface area contributed by atoms with Crippen molar-refractivity contribution in [3.05, 3.63) is 35.9 Å². The third-order valence-corrected chi connectivity index (χ3v) is 2.54. The van der Waals surface area contributed by atoms with Crippen LogP contribution in [-0.4, -0.2) is 20.3 Å². The fourth-order valence-corrected chi connectivity index (χ4v) is 1.44. The third-order valence-electron chi connectivity index (χ3n) is 2.54. The van der Waals surface area contributed by atoms with E-state index < -0.39 is 0 Å². The number of hydrogen-bond acceptors (Lipinski definition) is 3. The van der Waals surface area contributed by atoms with Crippen LogP contribution in [0.1, 0.15) is 12.5 Å². The molecule has 3 heteroatoms. The molecule has 0 fully saturated rings. The number of rotatable bonds is 5. The van der Waals surface area contributed by atoms with Gasteiger partial charge in [-0.05, 0) is 31.0 Å². The van der Waals surface area contributed by atoms with Crippen molar-refractivity contribution in [2.45, 2.75) is 19.4 Å². The van der Waals surface area contributed by atoms with Crippen molar-refractivity contribution >= 4 is 0 Å². The Morgan fingerprint density at radius 1 is 1.31 bits per heavy atom. The first-order valence-electron chi connectivity index (χ1n) is 5.20. The summed E-state index contributed by atoms with van der Waals surface area (Å²) in [4.78, 5) is 0. The first-order valence-corrected chi connectivity index (χ1v) is 5.20. The molecule has 0 amide bonds. The Hall–Kier alpha value is -1.48. The highest BCUT2D eigenvalue weighted by molar-refractivity contribution is 5.43. The summed E-state index contributed by atoms with van der Waals surface area (Å²) in [6.45, 7) is 5.78. The standard InChI is InChI=1S/C13H19NO2/c1-9(2)11(14)7-10-5-6-12(15-3)13(8-10)16-4/h5-6,8,11H,1,7,14H2,2-4H3. The smallest absolute Gasteiger partial charge is 0.160 e. The van der Waals surface area contributed by atoms with Gasteiger partial charge in [-0.3, -0.25) is 0 Å². The second-order valence-corrected chi connectivity index (χ2v) is 3.85. The van der Waals surface area contributed by atoms with Gasteiger partial charge in [-0.25, -0.2) is 0 Å². The fraction of sp³-hybridized carbons (Fsp3) is 0.385. The van der Waals surface area contributed by atoms with Crippen LogP contribution in [0.2, 0.25) is 0 Å². The molecule has 1 atom stereocenters. The number of nitrogens with two attached hydrogens (primary N) is 1. The largest absolute Gasteiger partial charge is 0.493 e. The van der Waals surface area contributed by atoms with Gasteiger partial charge < -0.3 is 15.2 Å². The van der Waals surface area contributed by atoms with Gasteiger partial charge in [0.1, 0.15) is 0 Å². The van der Waals surface area contributed by atoms with Gasteiger partial charge in [0, 0.05) is 6.04 Å². The van der Waals surface area contributed by atoms with Crippen LogP contribution in [0.3, 0.4) is 0 Å². The zero-order valence-corrected chi connectivity index (χ0v) is 10.1. The van der Waals surface area contributed by atoms with E-state index in [0.29, 0.717) is 0 Å². The Kier molecular flexibility index (Phi) is 4.38. The van der Waals surface area contributed by atoms with Gasteiger partial charge in [0.2, 0.25) is 0 Å². The van der Waals surface area contributed by atoms with Crippen LogP contribution in [0, 0.1) is 0 Å². The average Bonchev–Trinajstić information content (AvgIpc) is 2.28. The van der Waals surface area contributed by atoms with Crippen LogP contribution in [0.25, 0.3) is 0 Å². The van der Waals surface area contributed by atoms with Gasteiger partial charge in [0.25, 0.3) is 0 Å². The maximum Gasteiger partial charge on any atom is 0.160 e. The van der Waals surface area contributed by atoms with Crippen LogP contribution in [-0.2, 0) is 6.42 Å². The zero-order chi connectivity index (χ0) is 12.1. The third kappa shape index (κ3) is 3.00. The molecule has 0 saturated heterocycles. The lowest BCUT2D eigenvalue weighted by Crippen LogP contribution is -2.23. The summed E-state index contributed by atoms with van der Waals surface area (Å²) < 4.78 is 10.4. The van der Waals surface area contributed by atoms with Gasteiger partial charge in [0.05, 0.1) is 14.2 Å². The molecule has 0 aliphatic carbocycles. The second kappa shape index (κ2) is 5.56. The van der Waals surface area contributed by atoms with Crippen LogP contribution >= 0.6 is 0 Å². The van der Waals surface area contributed by atoms with Crippen molar-refractivity contribution in [2.24, 2.45) is 5.73 Å². The van der Waals surface area contributed by atoms with Crippen molar-refractivity contribution < 1.29 is 9.47 Å². The van der Waals surface area contributed by atoms with Crippen molar-refractivity contribution in [1.29, 1.82) is 0 Å². The van der Waals surface area contributed by atoms with Crippen molar-refractivity contribution in [3.63, 3.8) is 0 Å². The zero-order valence-electron chi connectivity index (χ0n) is 10.1. The molecule has 0 heterocycles. The molecule has 0 saturated carbocycles. The number of methoxy groups -OCH3 is 2. The minimum atomic E-state index is -0.0156. The van der Waals surface area contributed by atoms with Gasteiger partial charge in [-0.15, -0.1) is 0 Å². The molecule has 0 radical (unpaired) electrons. The molecule has 1 unspecified atom stereocenters. The van der Waals surface area contributed by atoms with E-state index >= 15 is 0 Å². The minimum absolute atomic E-state index is 0.0156. The monoisotopic (exact) mass is 221 g/mol. The minimum Gasteiger partial charge on any atom is -0.493 e. The molecule has 0 aliphatic heterocycles. The molecule has 16 heavy (non-hydrogen) atoms. The quantitative estimate of drug-likeness (QED) is 0.775. The molecular weight excluding hydrogens is 202 g/mol. The van der Waals surface area contributed by atoms with E-state index in [9.17, 15) is 0 Å². The molecule has 3 nitrogen and oxygen atoms in total. The van der Waals surface area contributed by atoms with E-state index in [1.807, 2.05) is 25.1 Å². The predicted octanol–water partition coefficient (Wildman–Crippen LogP) is 2.15. The summed E-state index contributed by atoms with van der Waals surface area (Å²) in [7, 11) is 3.25. The Morgan fingerprint density at radius 3 is 2.44 bits per heavy atom. The van der Waals surface area contributed by atoms with Crippen LogP contribution in [0.15, 0.2) is 30.4 Å². The molecular formula is C13H19NO2. The predicted molar refractivity (Wildman–Crippen MR) is 66.0 cm³/mol. The Labute approximate surface area is 96.9 Å². The molecule has 1 aromatic rings. The summed E-state index contributed by atoms with van der Waals surface area (Å²) in [6.07, 6.45) is 0.760. The van der Waals surface area contributed by atoms with Crippen molar-refractivity contribution in [3.8, 4) is 11.5 Å². The summed E-state index contributed by atoms with van der Waals surface area (Å²) in [5, 5.41) is 0. The lowest BCUT2D eigenvalue weighted by molar-refractivity contribution is 0.354. The van der Waals surface area contributed by atoms with Crippen LogP contribution in [0.5, 0.6) is 11.5 Å². The summed E-state index contributed by atoms with van der Waals surface area (Å²) in [5.41, 5.74) is 8.04. The van der Waals surface area contributed by atoms with E-state index in [2.05, 4.69) is 6.58 Å². The average molecular weight is 221 g/mol. The highest BCUT2D eigenvalue weighted by Crippen LogP contribution is 2.28. The van der Waals surface area contributed by atoms with Gasteiger partial charge >= 0.3 is 0 Å². The first kappa shape index (κ1) is 12.6. The van der Waals surface area contributed by atoms with Crippen LogP contribution in [0.4, 0.5) is 0 Å². The van der Waals surface area contributed by atoms with E-state index in [1.54, 1.807) is 14.2 Å². The summed E-state index contributed by atoms with van der Waals surface area (Å²) >= 11 is 0. The lowest BCUT2D eigenvalue weighted by atomic mass is 10.0. The fourth-order valence-electron chi connectivity index (χ4n) is 1.44. The number of ether oxygens (including phenoxy) is 2. The molecule has 1 aromatic carbocycles. The molecule has 2 N–H and O–H groups in total. The normalized spacial score (nSPS) is 12.0. The highest BCUT2D eigenvalue weighted by atomic mass is 16.5. The van der Waals surface area contributed by atoms with E-state index in [4.69, 9.17) is 15.2 Å². The van der Waals surface area contributed by atoms with Gasteiger partial charge in [-0.1, -0.05) is 18.2 Å². The first-order chi connectivity index (χ1) is 7.58. The van der Waals surface area contributed by atoms with E-state index in [0.717, 1.165) is 29.1 Å². The maximum absolute atomic E-state index is 5.94. The Bertz CT molecular complexity index is 374. The molecule has 1 rings (SSSR count). The molecule has 0 aliphatic rings. The summed E-state index contributed by atoms with van der Waals surface area (Å²) in [6, 6.07) is 5.81. The number of benzene rings is 1. The highest BCUT2D eigenvalue weighted by Gasteiger charge is 2.08. The van der Waals surface area contributed by atoms with Crippen molar-refractivity contribution in [2.75, 3.05) is 14.2 Å². The topological polar surface area (TPSA) is 44.5 Å². The maximum atomic E-state index is 5.94. The SMILES string of the molecule is C=C(C)C(N)Cc1ccc(OC)c(OC)c1. The molecule has 88 valence electrons. The molecule has 0 spiro atoms. The van der Waals surface area contributed by atoms with Gasteiger partial charge in [0.15, 0.2) is 11.5 Å². The molecule has 0 bridgehead atoms. The lowest BCUT2D eigenvalue weighted by Gasteiger charge is -2.13. The molecule has 0 aromatic heterocycles. The summed E-state index contributed by atoms with van der Waals surface area (Å²) in [5.74, 6) is 1.46. The van der Waals surface area contributed by atoms with E-state index in [1.165, 1.54) is 0 Å². The van der Waals surface area contributed by atoms with Gasteiger partial charge in [-0.2, -0.15) is 0 Å². The van der Waals surface area contributed by atoms with E-state index in [-0.39, 0.29) is 6.04 Å². The Morgan fingerprint density at radius 2 is 1.94 bits per heavy atom.